The molecule has 2 N–H and O–H groups in total. The molecule has 0 radical (unpaired) electrons. The molecular formula is C23H23N3O3. The lowest BCUT2D eigenvalue weighted by atomic mass is 9.89. The minimum atomic E-state index is -0.169. The van der Waals surface area contributed by atoms with Crippen LogP contribution in [0.15, 0.2) is 65.1 Å². The minimum Gasteiger partial charge on any atom is -0.411 e. The maximum atomic E-state index is 13.3. The molecule has 29 heavy (non-hydrogen) atoms. The zero-order valence-corrected chi connectivity index (χ0v) is 16.3. The Morgan fingerprint density at radius 3 is 2.17 bits per heavy atom. The second-order valence-electron chi connectivity index (χ2n) is 7.36. The van der Waals surface area contributed by atoms with Gasteiger partial charge < -0.3 is 15.4 Å². The summed E-state index contributed by atoms with van der Waals surface area (Å²) in [6, 6.07) is 14.2. The third-order valence-electron chi connectivity index (χ3n) is 5.49. The summed E-state index contributed by atoms with van der Waals surface area (Å²) in [5.41, 5.74) is 3.67. The van der Waals surface area contributed by atoms with Crippen LogP contribution in [0.4, 0.5) is 5.69 Å². The van der Waals surface area contributed by atoms with Crippen LogP contribution in [0.3, 0.4) is 0 Å². The Morgan fingerprint density at radius 1 is 0.931 bits per heavy atom. The van der Waals surface area contributed by atoms with E-state index >= 15 is 0 Å². The van der Waals surface area contributed by atoms with Crippen molar-refractivity contribution in [2.75, 3.05) is 18.4 Å². The van der Waals surface area contributed by atoms with Crippen molar-refractivity contribution in [2.24, 2.45) is 5.16 Å². The maximum Gasteiger partial charge on any atom is 0.212 e. The van der Waals surface area contributed by atoms with Crippen LogP contribution in [-0.4, -0.2) is 40.5 Å². The molecule has 2 aliphatic rings. The lowest BCUT2D eigenvalue weighted by Crippen LogP contribution is -2.39. The van der Waals surface area contributed by atoms with Gasteiger partial charge in [0.15, 0.2) is 0 Å². The molecule has 1 heterocycles. The molecule has 1 aliphatic carbocycles. The van der Waals surface area contributed by atoms with E-state index in [1.807, 2.05) is 29.2 Å². The van der Waals surface area contributed by atoms with E-state index in [0.29, 0.717) is 33.9 Å². The van der Waals surface area contributed by atoms with E-state index < -0.39 is 0 Å². The molecule has 1 fully saturated rings. The number of anilines is 1. The quantitative estimate of drug-likeness (QED) is 0.468. The number of hydrogen-bond donors (Lipinski definition) is 2. The Kier molecular flexibility index (Phi) is 5.16. The van der Waals surface area contributed by atoms with Crippen molar-refractivity contribution in [3.63, 3.8) is 0 Å². The molecule has 0 aromatic heterocycles. The van der Waals surface area contributed by atoms with Crippen molar-refractivity contribution in [2.45, 2.75) is 26.2 Å². The second kappa shape index (κ2) is 7.91. The molecule has 4 rings (SSSR count). The normalized spacial score (nSPS) is 17.4. The van der Waals surface area contributed by atoms with Crippen LogP contribution in [0.5, 0.6) is 0 Å². The molecule has 0 bridgehead atoms. The first-order valence-corrected chi connectivity index (χ1v) is 9.84. The van der Waals surface area contributed by atoms with E-state index in [9.17, 15) is 9.59 Å². The van der Waals surface area contributed by atoms with Crippen LogP contribution in [0.25, 0.3) is 0 Å². The molecule has 2 aromatic carbocycles. The third-order valence-corrected chi connectivity index (χ3v) is 5.49. The van der Waals surface area contributed by atoms with E-state index in [1.165, 1.54) is 0 Å². The number of allylic oxidation sites excluding steroid dienone is 2. The fourth-order valence-corrected chi connectivity index (χ4v) is 3.89. The van der Waals surface area contributed by atoms with Crippen LogP contribution in [-0.2, 0) is 0 Å². The summed E-state index contributed by atoms with van der Waals surface area (Å²) in [4.78, 5) is 28.6. The lowest BCUT2D eigenvalue weighted by molar-refractivity contribution is 0.0935. The first kappa shape index (κ1) is 18.9. The standard InChI is InChI=1S/C23H23N3O3/c1-15(25-29)16-9-11-17(12-10-16)24-20-21(26-13-5-2-6-14-26)23(28)19-8-4-3-7-18(19)22(20)27/h3-4,7-12,24,29H,2,5-6,13-14H2,1H3/b25-15+. The Bertz CT molecular complexity index is 1020. The van der Waals surface area contributed by atoms with E-state index in [1.54, 1.807) is 31.2 Å². The molecule has 1 saturated heterocycles. The lowest BCUT2D eigenvalue weighted by Gasteiger charge is -2.34. The number of carbonyl (C=O) groups excluding carboxylic acids is 2. The van der Waals surface area contributed by atoms with Gasteiger partial charge in [0.1, 0.15) is 11.4 Å². The van der Waals surface area contributed by atoms with Gasteiger partial charge in [-0.3, -0.25) is 9.59 Å². The monoisotopic (exact) mass is 389 g/mol. The van der Waals surface area contributed by atoms with Gasteiger partial charge in [-0.15, -0.1) is 0 Å². The molecule has 6 nitrogen and oxygen atoms in total. The van der Waals surface area contributed by atoms with Crippen LogP contribution in [0, 0.1) is 0 Å². The molecule has 0 atom stereocenters. The van der Waals surface area contributed by atoms with Crippen LogP contribution < -0.4 is 5.32 Å². The number of oxime groups is 1. The van der Waals surface area contributed by atoms with Crippen LogP contribution in [0.1, 0.15) is 52.5 Å². The predicted molar refractivity (Wildman–Crippen MR) is 112 cm³/mol. The Hall–Kier alpha value is -3.41. The number of nitrogens with one attached hydrogen (secondary N) is 1. The summed E-state index contributed by atoms with van der Waals surface area (Å²) in [6.45, 7) is 3.25. The van der Waals surface area contributed by atoms with E-state index in [-0.39, 0.29) is 11.6 Å². The van der Waals surface area contributed by atoms with Gasteiger partial charge in [0.25, 0.3) is 0 Å². The summed E-state index contributed by atoms with van der Waals surface area (Å²) in [5, 5.41) is 15.3. The number of fused-ring (bicyclic) bond motifs is 1. The highest BCUT2D eigenvalue weighted by atomic mass is 16.4. The average Bonchev–Trinajstić information content (AvgIpc) is 2.78. The van der Waals surface area contributed by atoms with E-state index in [4.69, 9.17) is 5.21 Å². The van der Waals surface area contributed by atoms with Crippen molar-refractivity contribution in [1.29, 1.82) is 0 Å². The zero-order chi connectivity index (χ0) is 20.4. The summed E-state index contributed by atoms with van der Waals surface area (Å²) in [5.74, 6) is -0.276. The number of nitrogens with zero attached hydrogens (tertiary/aromatic N) is 2. The zero-order valence-electron chi connectivity index (χ0n) is 16.3. The number of rotatable bonds is 4. The fraction of sp³-hybridized carbons (Fsp3) is 0.261. The van der Waals surface area contributed by atoms with Crippen molar-refractivity contribution < 1.29 is 14.8 Å². The molecule has 0 spiro atoms. The van der Waals surface area contributed by atoms with Gasteiger partial charge in [0.05, 0.1) is 5.71 Å². The van der Waals surface area contributed by atoms with E-state index in [0.717, 1.165) is 37.9 Å². The number of piperidine rings is 1. The number of ketones is 2. The van der Waals surface area contributed by atoms with Crippen LogP contribution >= 0.6 is 0 Å². The van der Waals surface area contributed by atoms with Crippen LogP contribution in [0.2, 0.25) is 0 Å². The largest absolute Gasteiger partial charge is 0.411 e. The number of likely N-dealkylation sites (tertiary alicyclic amines) is 1. The Labute approximate surface area is 169 Å². The average molecular weight is 389 g/mol. The van der Waals surface area contributed by atoms with Gasteiger partial charge in [0.2, 0.25) is 11.6 Å². The molecule has 6 heteroatoms. The van der Waals surface area contributed by atoms with Gasteiger partial charge in [-0.2, -0.15) is 0 Å². The van der Waals surface area contributed by atoms with Crippen molar-refractivity contribution in [3.05, 3.63) is 76.6 Å². The van der Waals surface area contributed by atoms with E-state index in [2.05, 4.69) is 10.5 Å². The summed E-state index contributed by atoms with van der Waals surface area (Å²) < 4.78 is 0. The van der Waals surface area contributed by atoms with Gasteiger partial charge in [-0.25, -0.2) is 0 Å². The number of hydrogen-bond acceptors (Lipinski definition) is 6. The topological polar surface area (TPSA) is 82.0 Å². The third kappa shape index (κ3) is 3.53. The smallest absolute Gasteiger partial charge is 0.212 e. The highest BCUT2D eigenvalue weighted by Gasteiger charge is 2.35. The first-order valence-electron chi connectivity index (χ1n) is 9.84. The minimum absolute atomic E-state index is 0.107. The van der Waals surface area contributed by atoms with Crippen molar-refractivity contribution in [3.8, 4) is 0 Å². The molecular weight excluding hydrogens is 366 g/mol. The molecule has 0 unspecified atom stereocenters. The van der Waals surface area contributed by atoms with Gasteiger partial charge in [-0.1, -0.05) is 41.6 Å². The number of carbonyl (C=O) groups is 2. The Balaban J connectivity index is 1.75. The first-order chi connectivity index (χ1) is 14.1. The SMILES string of the molecule is C/C(=N\O)c1ccc(NC2=C(N3CCCCC3)C(=O)c3ccccc3C2=O)cc1. The summed E-state index contributed by atoms with van der Waals surface area (Å²) in [6.07, 6.45) is 3.15. The molecule has 1 aliphatic heterocycles. The second-order valence-corrected chi connectivity index (χ2v) is 7.36. The highest BCUT2D eigenvalue weighted by Crippen LogP contribution is 2.31. The van der Waals surface area contributed by atoms with Gasteiger partial charge in [0, 0.05) is 29.9 Å². The van der Waals surface area contributed by atoms with Crippen molar-refractivity contribution in [1.82, 2.24) is 4.90 Å². The fourth-order valence-electron chi connectivity index (χ4n) is 3.89. The molecule has 0 saturated carbocycles. The molecule has 0 amide bonds. The summed E-state index contributed by atoms with van der Waals surface area (Å²) in [7, 11) is 0. The number of benzene rings is 2. The molecule has 2 aromatic rings. The highest BCUT2D eigenvalue weighted by molar-refractivity contribution is 6.27. The van der Waals surface area contributed by atoms with Crippen molar-refractivity contribution >= 4 is 23.0 Å². The van der Waals surface area contributed by atoms with Gasteiger partial charge in [-0.05, 0) is 43.9 Å². The van der Waals surface area contributed by atoms with Gasteiger partial charge >= 0.3 is 0 Å². The Morgan fingerprint density at radius 2 is 1.55 bits per heavy atom. The number of Topliss-reactive ketones (excluding diaryl/α,β-unsaturated/α-hetero) is 2. The molecule has 148 valence electrons. The predicted octanol–water partition coefficient (Wildman–Crippen LogP) is 4.07. The maximum absolute atomic E-state index is 13.3. The summed E-state index contributed by atoms with van der Waals surface area (Å²) >= 11 is 0.